The maximum atomic E-state index is 12.4. The molecule has 180 valence electrons. The molecule has 0 bridgehead atoms. The third-order valence-corrected chi connectivity index (χ3v) is 7.54. The summed E-state index contributed by atoms with van der Waals surface area (Å²) in [5, 5.41) is 19.5. The van der Waals surface area contributed by atoms with Crippen molar-refractivity contribution in [2.75, 3.05) is 26.5 Å². The largest absolute Gasteiger partial charge is 0.493 e. The highest BCUT2D eigenvalue weighted by atomic mass is 32.2. The number of pyridine rings is 1. The van der Waals surface area contributed by atoms with Crippen molar-refractivity contribution < 1.29 is 27.8 Å². The van der Waals surface area contributed by atoms with Gasteiger partial charge >= 0.3 is 16.3 Å². The third kappa shape index (κ3) is 6.40. The summed E-state index contributed by atoms with van der Waals surface area (Å²) >= 11 is 1.47. The lowest BCUT2D eigenvalue weighted by Crippen LogP contribution is -2.53. The molecule has 1 amide bonds. The molecule has 1 aromatic carbocycles. The van der Waals surface area contributed by atoms with Crippen LogP contribution in [0.3, 0.4) is 0 Å². The fourth-order valence-electron chi connectivity index (χ4n) is 3.15. The molecule has 0 saturated carbocycles. The van der Waals surface area contributed by atoms with Crippen LogP contribution in [0.4, 0.5) is 4.79 Å². The smallest absolute Gasteiger partial charge is 0.422 e. The molecule has 0 aliphatic carbocycles. The molecule has 0 unspecified atom stereocenters. The molecular weight excluding hydrogens is 468 g/mol. The number of nitriles is 1. The van der Waals surface area contributed by atoms with Gasteiger partial charge in [0.25, 0.3) is 0 Å². The highest BCUT2D eigenvalue weighted by molar-refractivity contribution is 7.99. The molecule has 10 nitrogen and oxygen atoms in total. The zero-order chi connectivity index (χ0) is 24.8. The fraction of sp³-hybridized carbons (Fsp3) is 0.476. The first kappa shape index (κ1) is 26.5. The predicted molar refractivity (Wildman–Crippen MR) is 126 cm³/mol. The molecule has 0 aliphatic rings. The Morgan fingerprint density at radius 3 is 2.42 bits per heavy atom. The first-order valence-electron chi connectivity index (χ1n) is 10.1. The van der Waals surface area contributed by atoms with E-state index in [4.69, 9.17) is 9.47 Å². The van der Waals surface area contributed by atoms with Gasteiger partial charge in [-0.1, -0.05) is 0 Å². The molecule has 2 aromatic rings. The molecule has 0 fully saturated rings. The van der Waals surface area contributed by atoms with E-state index in [2.05, 4.69) is 15.8 Å². The second-order valence-corrected chi connectivity index (χ2v) is 10.7. The van der Waals surface area contributed by atoms with Gasteiger partial charge in [-0.25, -0.2) is 4.79 Å². The molecule has 12 heteroatoms. The first-order chi connectivity index (χ1) is 15.5. The minimum Gasteiger partial charge on any atom is -0.493 e. The van der Waals surface area contributed by atoms with Gasteiger partial charge in [0, 0.05) is 29.1 Å². The average Bonchev–Trinajstić information content (AvgIpc) is 2.73. The van der Waals surface area contributed by atoms with E-state index in [1.807, 2.05) is 0 Å². The summed E-state index contributed by atoms with van der Waals surface area (Å²) in [5.74, 6) is 1.68. The number of rotatable bonds is 10. The summed E-state index contributed by atoms with van der Waals surface area (Å²) in [7, 11) is -1.10. The van der Waals surface area contributed by atoms with Gasteiger partial charge in [-0.3, -0.25) is 4.98 Å². The van der Waals surface area contributed by atoms with Crippen LogP contribution in [0.25, 0.3) is 10.9 Å². The van der Waals surface area contributed by atoms with Gasteiger partial charge in [0.15, 0.2) is 11.5 Å². The van der Waals surface area contributed by atoms with Crippen molar-refractivity contribution in [2.24, 2.45) is 0 Å². The average molecular weight is 497 g/mol. The Balaban J connectivity index is 2.05. The lowest BCUT2D eigenvalue weighted by molar-refractivity contribution is 0.145. The fourth-order valence-corrected chi connectivity index (χ4v) is 5.73. The Hall–Kier alpha value is -2.75. The van der Waals surface area contributed by atoms with Gasteiger partial charge in [0.1, 0.15) is 6.07 Å². The van der Waals surface area contributed by atoms with Crippen molar-refractivity contribution in [1.82, 2.24) is 14.0 Å². The highest BCUT2D eigenvalue weighted by Gasteiger charge is 2.36. The number of methoxy groups -OCH3 is 2. The minimum atomic E-state index is -4.17. The topological polar surface area (TPSA) is 142 Å². The molecule has 0 spiro atoms. The van der Waals surface area contributed by atoms with E-state index in [1.54, 1.807) is 12.1 Å². The number of nitrogens with one attached hydrogen (secondary N) is 1. The highest BCUT2D eigenvalue weighted by Crippen LogP contribution is 2.37. The van der Waals surface area contributed by atoms with Gasteiger partial charge in [-0.2, -0.15) is 22.7 Å². The van der Waals surface area contributed by atoms with E-state index in [0.717, 1.165) is 10.3 Å². The van der Waals surface area contributed by atoms with E-state index in [9.17, 15) is 23.6 Å². The van der Waals surface area contributed by atoms with Gasteiger partial charge in [-0.15, -0.1) is 11.8 Å². The molecule has 2 N–H and O–H groups in total. The van der Waals surface area contributed by atoms with Crippen LogP contribution < -0.4 is 14.2 Å². The Labute approximate surface area is 198 Å². The lowest BCUT2D eigenvalue weighted by Gasteiger charge is -2.31. The second kappa shape index (κ2) is 10.9. The first-order valence-corrected chi connectivity index (χ1v) is 12.5. The summed E-state index contributed by atoms with van der Waals surface area (Å²) in [6.07, 6.45) is 1.10. The van der Waals surface area contributed by atoms with Gasteiger partial charge in [0.2, 0.25) is 0 Å². The van der Waals surface area contributed by atoms with Crippen LogP contribution in [0.2, 0.25) is 0 Å². The van der Waals surface area contributed by atoms with Crippen molar-refractivity contribution in [1.29, 1.82) is 5.26 Å². The number of nitrogens with zero attached hydrogens (tertiary/aromatic N) is 3. The number of carbonyl (C=O) groups is 1. The number of hydrogen-bond donors (Lipinski definition) is 2. The summed E-state index contributed by atoms with van der Waals surface area (Å²) in [4.78, 5) is 16.5. The Bertz CT molecular complexity index is 1160. The van der Waals surface area contributed by atoms with Crippen LogP contribution in [0.15, 0.2) is 23.2 Å². The Kier molecular flexibility index (Phi) is 8.76. The summed E-state index contributed by atoms with van der Waals surface area (Å²) in [6.45, 7) is 4.62. The van der Waals surface area contributed by atoms with Crippen molar-refractivity contribution in [3.05, 3.63) is 23.9 Å². The van der Waals surface area contributed by atoms with Gasteiger partial charge in [-0.05, 0) is 45.4 Å². The minimum absolute atomic E-state index is 0.0932. The molecule has 0 aliphatic heterocycles. The van der Waals surface area contributed by atoms with Crippen LogP contribution in [0.1, 0.15) is 39.2 Å². The van der Waals surface area contributed by atoms with E-state index < -0.39 is 21.8 Å². The van der Waals surface area contributed by atoms with Gasteiger partial charge < -0.3 is 14.6 Å². The number of amides is 1. The molecular formula is C21H28N4O6S2. The molecule has 33 heavy (non-hydrogen) atoms. The molecule has 2 rings (SSSR count). The van der Waals surface area contributed by atoms with Crippen molar-refractivity contribution in [3.63, 3.8) is 0 Å². The number of benzene rings is 1. The van der Waals surface area contributed by atoms with Crippen LogP contribution in [0, 0.1) is 11.3 Å². The quantitative estimate of drug-likeness (QED) is 0.372. The Morgan fingerprint density at radius 2 is 1.88 bits per heavy atom. The number of hydrogen-bond acceptors (Lipinski definition) is 8. The number of thioether (sulfide) groups is 1. The summed E-state index contributed by atoms with van der Waals surface area (Å²) in [6, 6.07) is 5.69. The normalized spacial score (nSPS) is 11.8. The van der Waals surface area contributed by atoms with E-state index >= 15 is 0 Å². The maximum Gasteiger partial charge on any atom is 0.422 e. The number of ether oxygens (including phenoxy) is 2. The van der Waals surface area contributed by atoms with Crippen LogP contribution in [-0.4, -0.2) is 61.0 Å². The zero-order valence-corrected chi connectivity index (χ0v) is 20.8. The number of carboxylic acid groups (broad SMARTS) is 1. The van der Waals surface area contributed by atoms with Crippen molar-refractivity contribution >= 4 is 39.0 Å². The molecule has 1 aromatic heterocycles. The van der Waals surface area contributed by atoms with Crippen LogP contribution in [0.5, 0.6) is 11.5 Å². The Morgan fingerprint density at radius 1 is 1.24 bits per heavy atom. The maximum absolute atomic E-state index is 12.4. The van der Waals surface area contributed by atoms with Crippen molar-refractivity contribution in [3.8, 4) is 17.6 Å². The third-order valence-electron chi connectivity index (χ3n) is 4.57. The SMILES string of the molecule is COc1cc2ncc(C#N)c(SCCCCNS(=O)(=O)N(C(=O)O)C(C)(C)C)c2cc1OC. The zero-order valence-electron chi connectivity index (χ0n) is 19.2. The van der Waals surface area contributed by atoms with Crippen molar-refractivity contribution in [2.45, 2.75) is 44.0 Å². The molecule has 0 atom stereocenters. The molecule has 1 heterocycles. The van der Waals surface area contributed by atoms with Crippen LogP contribution in [-0.2, 0) is 10.2 Å². The van der Waals surface area contributed by atoms with Crippen LogP contribution >= 0.6 is 11.8 Å². The molecule has 0 radical (unpaired) electrons. The predicted octanol–water partition coefficient (Wildman–Crippen LogP) is 3.61. The standard InChI is InChI=1S/C21H28N4O6S2/c1-21(2,3)25(20(26)27)33(28,29)24-8-6-7-9-32-19-14(12-22)13-23-16-11-18(31-5)17(30-4)10-15(16)19/h10-11,13,24H,6-9H2,1-5H3,(H,26,27). The molecule has 0 saturated heterocycles. The monoisotopic (exact) mass is 496 g/mol. The second-order valence-electron chi connectivity index (χ2n) is 8.01. The summed E-state index contributed by atoms with van der Waals surface area (Å²) in [5.41, 5.74) is -0.00608. The van der Waals surface area contributed by atoms with Gasteiger partial charge in [0.05, 0.1) is 30.8 Å². The number of unbranched alkanes of at least 4 members (excludes halogenated alkanes) is 1. The lowest BCUT2D eigenvalue weighted by atomic mass is 10.1. The van der Waals surface area contributed by atoms with E-state index in [1.165, 1.54) is 52.9 Å². The number of fused-ring (bicyclic) bond motifs is 1. The van der Waals surface area contributed by atoms with E-state index in [0.29, 0.717) is 45.5 Å². The van der Waals surface area contributed by atoms with E-state index in [-0.39, 0.29) is 6.54 Å². The summed E-state index contributed by atoms with van der Waals surface area (Å²) < 4.78 is 38.2. The number of aromatic nitrogens is 1.